The lowest BCUT2D eigenvalue weighted by atomic mass is 9.96. The molecule has 2 aliphatic heterocycles. The number of hydrogen-bond donors (Lipinski definition) is 1. The van der Waals surface area contributed by atoms with Crippen molar-refractivity contribution in [3.05, 3.63) is 89.0 Å². The van der Waals surface area contributed by atoms with Crippen LogP contribution in [0.3, 0.4) is 0 Å². The molecule has 0 saturated carbocycles. The highest BCUT2D eigenvalue weighted by Crippen LogP contribution is 2.40. The van der Waals surface area contributed by atoms with E-state index in [9.17, 15) is 0 Å². The van der Waals surface area contributed by atoms with Crippen molar-refractivity contribution in [3.63, 3.8) is 0 Å². The second-order valence-corrected chi connectivity index (χ2v) is 9.56. The molecule has 4 heterocycles. The van der Waals surface area contributed by atoms with Crippen LogP contribution in [0.5, 0.6) is 0 Å². The molecule has 1 aromatic carbocycles. The molecule has 5 rings (SSSR count). The van der Waals surface area contributed by atoms with Crippen LogP contribution >= 0.6 is 12.2 Å². The van der Waals surface area contributed by atoms with Gasteiger partial charge >= 0.3 is 0 Å². The van der Waals surface area contributed by atoms with Crippen LogP contribution in [0.15, 0.2) is 60.8 Å². The Morgan fingerprint density at radius 1 is 1.03 bits per heavy atom. The van der Waals surface area contributed by atoms with Crippen molar-refractivity contribution < 1.29 is 4.74 Å². The smallest absolute Gasteiger partial charge is 0.170 e. The van der Waals surface area contributed by atoms with Crippen LogP contribution in [0.2, 0.25) is 0 Å². The Kier molecular flexibility index (Phi) is 6.94. The summed E-state index contributed by atoms with van der Waals surface area (Å²) < 4.78 is 7.95. The minimum Gasteiger partial charge on any atom is -0.379 e. The lowest BCUT2D eigenvalue weighted by Crippen LogP contribution is -2.42. The summed E-state index contributed by atoms with van der Waals surface area (Å²) in [4.78, 5) is 9.54. The predicted molar refractivity (Wildman–Crippen MR) is 139 cm³/mol. The molecule has 0 unspecified atom stereocenters. The minimum atomic E-state index is 0.0177. The summed E-state index contributed by atoms with van der Waals surface area (Å²) in [6, 6.07) is 19.2. The molecule has 0 amide bonds. The van der Waals surface area contributed by atoms with Gasteiger partial charge in [0.1, 0.15) is 0 Å². The van der Waals surface area contributed by atoms with Gasteiger partial charge in [-0.15, -0.1) is 0 Å². The van der Waals surface area contributed by atoms with Gasteiger partial charge in [-0.3, -0.25) is 9.88 Å². The van der Waals surface area contributed by atoms with Gasteiger partial charge in [0.15, 0.2) is 5.11 Å². The van der Waals surface area contributed by atoms with Gasteiger partial charge in [0.05, 0.1) is 31.0 Å². The van der Waals surface area contributed by atoms with E-state index in [1.807, 2.05) is 12.3 Å². The van der Waals surface area contributed by atoms with Crippen LogP contribution in [0.1, 0.15) is 40.3 Å². The number of benzene rings is 1. The number of thiocarbonyl (C=S) groups is 1. The summed E-state index contributed by atoms with van der Waals surface area (Å²) in [5.74, 6) is 0. The summed E-state index contributed by atoms with van der Waals surface area (Å²) in [6.45, 7) is 10.7. The second kappa shape index (κ2) is 10.3. The van der Waals surface area contributed by atoms with Gasteiger partial charge in [0.25, 0.3) is 0 Å². The van der Waals surface area contributed by atoms with Gasteiger partial charge in [-0.1, -0.05) is 36.4 Å². The number of pyridine rings is 1. The molecule has 2 saturated heterocycles. The summed E-state index contributed by atoms with van der Waals surface area (Å²) in [5, 5.41) is 4.41. The summed E-state index contributed by atoms with van der Waals surface area (Å²) in [5.41, 5.74) is 6.20. The van der Waals surface area contributed by atoms with Gasteiger partial charge in [0, 0.05) is 50.3 Å². The monoisotopic (exact) mass is 475 g/mol. The number of morpholine rings is 1. The molecular formula is C27H33N5OS. The number of aryl methyl sites for hydroxylation is 1. The maximum atomic E-state index is 5.89. The Labute approximate surface area is 207 Å². The number of aromatic nitrogens is 2. The minimum absolute atomic E-state index is 0.0177. The SMILES string of the molecule is Cc1cc([C@H]2[C@@H](c3ccccn3)NC(=S)N2CCN2CCOCC2)c(C)n1Cc1ccccc1. The Bertz CT molecular complexity index is 1110. The highest BCUT2D eigenvalue weighted by Gasteiger charge is 2.41. The Hall–Kier alpha value is -2.74. The van der Waals surface area contributed by atoms with Gasteiger partial charge in [-0.25, -0.2) is 0 Å². The first kappa shape index (κ1) is 23.0. The van der Waals surface area contributed by atoms with E-state index in [2.05, 4.69) is 82.1 Å². The molecule has 7 heteroatoms. The third-order valence-electron chi connectivity index (χ3n) is 7.07. The first-order chi connectivity index (χ1) is 16.6. The zero-order valence-electron chi connectivity index (χ0n) is 20.0. The number of nitrogens with zero attached hydrogens (tertiary/aromatic N) is 4. The first-order valence-corrected chi connectivity index (χ1v) is 12.5. The maximum Gasteiger partial charge on any atom is 0.170 e. The fourth-order valence-corrected chi connectivity index (χ4v) is 5.53. The van der Waals surface area contributed by atoms with Crippen molar-refractivity contribution in [2.45, 2.75) is 32.5 Å². The van der Waals surface area contributed by atoms with E-state index in [0.29, 0.717) is 0 Å². The summed E-state index contributed by atoms with van der Waals surface area (Å²) in [6.07, 6.45) is 1.87. The van der Waals surface area contributed by atoms with E-state index in [1.54, 1.807) is 0 Å². The summed E-state index contributed by atoms with van der Waals surface area (Å²) >= 11 is 5.89. The van der Waals surface area contributed by atoms with Crippen LogP contribution in [-0.2, 0) is 11.3 Å². The molecule has 6 nitrogen and oxygen atoms in total. The van der Waals surface area contributed by atoms with Gasteiger partial charge < -0.3 is 19.5 Å². The Morgan fingerprint density at radius 3 is 2.53 bits per heavy atom. The summed E-state index contributed by atoms with van der Waals surface area (Å²) in [7, 11) is 0. The van der Waals surface area contributed by atoms with Crippen LogP contribution in [-0.4, -0.2) is 63.9 Å². The molecule has 2 aromatic heterocycles. The van der Waals surface area contributed by atoms with E-state index in [1.165, 1.54) is 22.5 Å². The molecule has 0 bridgehead atoms. The third kappa shape index (κ3) is 4.73. The quantitative estimate of drug-likeness (QED) is 0.524. The molecule has 0 spiro atoms. The third-order valence-corrected chi connectivity index (χ3v) is 7.43. The van der Waals surface area contributed by atoms with E-state index < -0.39 is 0 Å². The average molecular weight is 476 g/mol. The van der Waals surface area contributed by atoms with Crippen molar-refractivity contribution >= 4 is 17.3 Å². The fourth-order valence-electron chi connectivity index (χ4n) is 5.20. The highest BCUT2D eigenvalue weighted by molar-refractivity contribution is 7.80. The molecule has 1 N–H and O–H groups in total. The fraction of sp³-hybridized carbons (Fsp3) is 0.407. The van der Waals surface area contributed by atoms with Gasteiger partial charge in [-0.05, 0) is 55.4 Å². The van der Waals surface area contributed by atoms with E-state index >= 15 is 0 Å². The molecule has 2 atom stereocenters. The topological polar surface area (TPSA) is 45.6 Å². The van der Waals surface area contributed by atoms with Crippen molar-refractivity contribution in [3.8, 4) is 0 Å². The molecule has 3 aromatic rings. The van der Waals surface area contributed by atoms with Gasteiger partial charge in [0.2, 0.25) is 0 Å². The maximum absolute atomic E-state index is 5.89. The number of rotatable bonds is 7. The Balaban J connectivity index is 1.47. The van der Waals surface area contributed by atoms with Crippen LogP contribution in [0.4, 0.5) is 0 Å². The molecule has 178 valence electrons. The van der Waals surface area contributed by atoms with Crippen molar-refractivity contribution in [1.29, 1.82) is 0 Å². The van der Waals surface area contributed by atoms with Crippen molar-refractivity contribution in [2.75, 3.05) is 39.4 Å². The zero-order chi connectivity index (χ0) is 23.5. The predicted octanol–water partition coefficient (Wildman–Crippen LogP) is 3.85. The highest BCUT2D eigenvalue weighted by atomic mass is 32.1. The normalized spacial score (nSPS) is 21.1. The first-order valence-electron chi connectivity index (χ1n) is 12.1. The van der Waals surface area contributed by atoms with Crippen molar-refractivity contribution in [2.24, 2.45) is 0 Å². The molecule has 0 aliphatic carbocycles. The average Bonchev–Trinajstić information content (AvgIpc) is 3.35. The number of ether oxygens (including phenoxy) is 1. The largest absolute Gasteiger partial charge is 0.379 e. The molecular weight excluding hydrogens is 442 g/mol. The van der Waals surface area contributed by atoms with E-state index in [-0.39, 0.29) is 12.1 Å². The second-order valence-electron chi connectivity index (χ2n) is 9.17. The van der Waals surface area contributed by atoms with Crippen LogP contribution in [0.25, 0.3) is 0 Å². The molecule has 2 aliphatic rings. The van der Waals surface area contributed by atoms with Crippen LogP contribution < -0.4 is 5.32 Å². The molecule has 34 heavy (non-hydrogen) atoms. The lowest BCUT2D eigenvalue weighted by Gasteiger charge is -2.32. The number of hydrogen-bond acceptors (Lipinski definition) is 4. The standard InChI is InChI=1S/C27H33N5OS/c1-20-18-23(21(2)32(20)19-22-8-4-3-5-9-22)26-25(24-10-6-7-11-28-24)29-27(34)31(26)13-12-30-14-16-33-17-15-30/h3-11,18,25-26H,12-17,19H2,1-2H3,(H,29,34)/t25-,26+/m1/s1. The van der Waals surface area contributed by atoms with E-state index in [0.717, 1.165) is 56.7 Å². The van der Waals surface area contributed by atoms with E-state index in [4.69, 9.17) is 21.9 Å². The molecule has 2 fully saturated rings. The lowest BCUT2D eigenvalue weighted by molar-refractivity contribution is 0.0350. The zero-order valence-corrected chi connectivity index (χ0v) is 20.8. The van der Waals surface area contributed by atoms with Crippen LogP contribution in [0, 0.1) is 13.8 Å². The van der Waals surface area contributed by atoms with Crippen molar-refractivity contribution in [1.82, 2.24) is 24.7 Å². The number of nitrogens with one attached hydrogen (secondary N) is 1. The molecule has 0 radical (unpaired) electrons. The van der Waals surface area contributed by atoms with Gasteiger partial charge in [-0.2, -0.15) is 0 Å². The Morgan fingerprint density at radius 2 is 1.79 bits per heavy atom.